The van der Waals surface area contributed by atoms with Crippen molar-refractivity contribution < 1.29 is 9.59 Å². The molecule has 0 saturated heterocycles. The van der Waals surface area contributed by atoms with Crippen molar-refractivity contribution in [1.29, 1.82) is 0 Å². The highest BCUT2D eigenvalue weighted by Gasteiger charge is 2.18. The average molecular weight is 358 g/mol. The molecule has 0 saturated carbocycles. The molecule has 2 aromatic rings. The van der Waals surface area contributed by atoms with E-state index in [9.17, 15) is 9.59 Å². The minimum absolute atomic E-state index is 0.185. The minimum atomic E-state index is -0.269. The van der Waals surface area contributed by atoms with E-state index in [2.05, 4.69) is 16.9 Å². The number of para-hydroxylation sites is 1. The van der Waals surface area contributed by atoms with Crippen LogP contribution in [-0.4, -0.2) is 24.9 Å². The Morgan fingerprint density at radius 1 is 1.00 bits per heavy atom. The van der Waals surface area contributed by atoms with Crippen LogP contribution in [0.4, 0.5) is 5.69 Å². The lowest BCUT2D eigenvalue weighted by Crippen LogP contribution is -2.47. The summed E-state index contributed by atoms with van der Waals surface area (Å²) in [5.74, 6) is -0.504. The Morgan fingerprint density at radius 2 is 1.72 bits per heavy atom. The Bertz CT molecular complexity index is 762. The third-order valence-electron chi connectivity index (χ3n) is 4.16. The van der Waals surface area contributed by atoms with E-state index in [-0.39, 0.29) is 24.8 Å². The maximum absolute atomic E-state index is 12.1. The number of carbonyl (C=O) groups is 2. The molecule has 1 aliphatic rings. The highest BCUT2D eigenvalue weighted by Crippen LogP contribution is 2.26. The smallest absolute Gasteiger partial charge is 0.257 e. The summed E-state index contributed by atoms with van der Waals surface area (Å²) in [6.07, 6.45) is 2.24. The molecule has 1 aliphatic heterocycles. The summed E-state index contributed by atoms with van der Waals surface area (Å²) in [6.45, 7) is 1.06. The van der Waals surface area contributed by atoms with Gasteiger partial charge in [-0.1, -0.05) is 41.9 Å². The largest absolute Gasteiger partial charge is 0.362 e. The molecule has 25 heavy (non-hydrogen) atoms. The number of hydrogen-bond acceptors (Lipinski definition) is 3. The van der Waals surface area contributed by atoms with Gasteiger partial charge < -0.3 is 4.90 Å². The number of rotatable bonds is 4. The summed E-state index contributed by atoms with van der Waals surface area (Å²) < 4.78 is 0. The Labute approximate surface area is 151 Å². The molecule has 0 unspecified atom stereocenters. The predicted octanol–water partition coefficient (Wildman–Crippen LogP) is 2.48. The zero-order valence-electron chi connectivity index (χ0n) is 13.8. The normalized spacial score (nSPS) is 13.1. The van der Waals surface area contributed by atoms with Crippen LogP contribution < -0.4 is 15.8 Å². The number of fused-ring (bicyclic) bond motifs is 1. The fourth-order valence-electron chi connectivity index (χ4n) is 2.96. The van der Waals surface area contributed by atoms with Gasteiger partial charge in [-0.15, -0.1) is 0 Å². The highest BCUT2D eigenvalue weighted by atomic mass is 35.5. The van der Waals surface area contributed by atoms with Crippen LogP contribution in [0.25, 0.3) is 0 Å². The van der Waals surface area contributed by atoms with Crippen LogP contribution in [0.1, 0.15) is 17.5 Å². The van der Waals surface area contributed by atoms with Crippen molar-refractivity contribution in [2.45, 2.75) is 19.3 Å². The quantitative estimate of drug-likeness (QED) is 0.826. The van der Waals surface area contributed by atoms with Gasteiger partial charge in [0.2, 0.25) is 5.91 Å². The molecule has 130 valence electrons. The van der Waals surface area contributed by atoms with Gasteiger partial charge in [-0.05, 0) is 42.2 Å². The van der Waals surface area contributed by atoms with Gasteiger partial charge in [0.1, 0.15) is 0 Å². The predicted molar refractivity (Wildman–Crippen MR) is 98.4 cm³/mol. The number of aryl methyl sites for hydroxylation is 1. The summed E-state index contributed by atoms with van der Waals surface area (Å²) >= 11 is 5.82. The van der Waals surface area contributed by atoms with E-state index in [0.29, 0.717) is 5.02 Å². The molecule has 0 bridgehead atoms. The number of halogens is 1. The number of nitrogens with zero attached hydrogens (tertiary/aromatic N) is 1. The Morgan fingerprint density at radius 3 is 2.52 bits per heavy atom. The lowest BCUT2D eigenvalue weighted by molar-refractivity contribution is -0.127. The Balaban J connectivity index is 1.48. The van der Waals surface area contributed by atoms with Gasteiger partial charge in [-0.25, -0.2) is 0 Å². The van der Waals surface area contributed by atoms with Crippen LogP contribution >= 0.6 is 11.6 Å². The maximum Gasteiger partial charge on any atom is 0.257 e. The topological polar surface area (TPSA) is 61.4 Å². The molecule has 0 aromatic heterocycles. The van der Waals surface area contributed by atoms with Crippen LogP contribution in [0.15, 0.2) is 48.5 Å². The summed E-state index contributed by atoms with van der Waals surface area (Å²) in [5, 5.41) is 0.624. The van der Waals surface area contributed by atoms with Gasteiger partial charge >= 0.3 is 0 Å². The lowest BCUT2D eigenvalue weighted by Gasteiger charge is -2.30. The third kappa shape index (κ3) is 4.73. The van der Waals surface area contributed by atoms with E-state index in [1.807, 2.05) is 23.1 Å². The van der Waals surface area contributed by atoms with Crippen molar-refractivity contribution in [3.63, 3.8) is 0 Å². The van der Waals surface area contributed by atoms with E-state index < -0.39 is 0 Å². The highest BCUT2D eigenvalue weighted by molar-refractivity contribution is 6.30. The van der Waals surface area contributed by atoms with E-state index >= 15 is 0 Å². The second-order valence-electron chi connectivity index (χ2n) is 6.05. The van der Waals surface area contributed by atoms with Crippen molar-refractivity contribution in [1.82, 2.24) is 10.9 Å². The maximum atomic E-state index is 12.1. The summed E-state index contributed by atoms with van der Waals surface area (Å²) in [6, 6.07) is 15.1. The number of amides is 2. The second-order valence-corrected chi connectivity index (χ2v) is 6.49. The van der Waals surface area contributed by atoms with E-state index in [0.717, 1.165) is 30.6 Å². The van der Waals surface area contributed by atoms with Crippen molar-refractivity contribution >= 4 is 29.1 Å². The first-order valence-electron chi connectivity index (χ1n) is 8.27. The van der Waals surface area contributed by atoms with Crippen LogP contribution in [-0.2, 0) is 22.4 Å². The molecule has 6 heteroatoms. The van der Waals surface area contributed by atoms with E-state index in [1.165, 1.54) is 5.56 Å². The van der Waals surface area contributed by atoms with Crippen molar-refractivity contribution in [3.8, 4) is 0 Å². The number of hydrogen-bond donors (Lipinski definition) is 2. The lowest BCUT2D eigenvalue weighted by atomic mass is 10.0. The van der Waals surface area contributed by atoms with Gasteiger partial charge in [-0.3, -0.25) is 20.4 Å². The standard InChI is InChI=1S/C19H20ClN3O2/c20-16-9-7-14(8-10-16)12-18(24)21-22-19(25)13-23-11-3-5-15-4-1-2-6-17(15)23/h1-2,4,6-10H,3,5,11-13H2,(H,21,24)(H,22,25). The summed E-state index contributed by atoms with van der Waals surface area (Å²) in [4.78, 5) is 26.1. The first kappa shape index (κ1) is 17.3. The first-order valence-corrected chi connectivity index (χ1v) is 8.64. The zero-order chi connectivity index (χ0) is 17.6. The molecule has 1 heterocycles. The number of nitrogens with one attached hydrogen (secondary N) is 2. The number of carbonyl (C=O) groups excluding carboxylic acids is 2. The van der Waals surface area contributed by atoms with Crippen molar-refractivity contribution in [2.24, 2.45) is 0 Å². The van der Waals surface area contributed by atoms with Gasteiger partial charge in [0.05, 0.1) is 13.0 Å². The molecule has 5 nitrogen and oxygen atoms in total. The average Bonchev–Trinajstić information content (AvgIpc) is 2.62. The molecular formula is C19H20ClN3O2. The SMILES string of the molecule is O=C(Cc1ccc(Cl)cc1)NNC(=O)CN1CCCc2ccccc21. The van der Waals surface area contributed by atoms with Gasteiger partial charge in [0, 0.05) is 17.3 Å². The fraction of sp³-hybridized carbons (Fsp3) is 0.263. The molecule has 2 aromatic carbocycles. The molecule has 2 amide bonds. The van der Waals surface area contributed by atoms with Gasteiger partial charge in [0.25, 0.3) is 5.91 Å². The Hall–Kier alpha value is -2.53. The van der Waals surface area contributed by atoms with E-state index in [4.69, 9.17) is 11.6 Å². The zero-order valence-corrected chi connectivity index (χ0v) is 14.6. The molecule has 0 aliphatic carbocycles. The number of hydrazine groups is 1. The molecule has 0 radical (unpaired) electrons. The molecule has 0 fully saturated rings. The third-order valence-corrected chi connectivity index (χ3v) is 4.41. The fourth-order valence-corrected chi connectivity index (χ4v) is 3.09. The van der Waals surface area contributed by atoms with Crippen molar-refractivity contribution in [2.75, 3.05) is 18.0 Å². The summed E-state index contributed by atoms with van der Waals surface area (Å²) in [7, 11) is 0. The van der Waals surface area contributed by atoms with Crippen molar-refractivity contribution in [3.05, 3.63) is 64.7 Å². The monoisotopic (exact) mass is 357 g/mol. The summed E-state index contributed by atoms with van der Waals surface area (Å²) in [5.41, 5.74) is 8.13. The minimum Gasteiger partial charge on any atom is -0.362 e. The van der Waals surface area contributed by atoms with Crippen LogP contribution in [0.3, 0.4) is 0 Å². The Kier molecular flexibility index (Phi) is 5.56. The molecule has 2 N–H and O–H groups in total. The molecule has 0 spiro atoms. The van der Waals surface area contributed by atoms with Gasteiger partial charge in [0.15, 0.2) is 0 Å². The first-order chi connectivity index (χ1) is 12.1. The number of benzene rings is 2. The molecule has 3 rings (SSSR count). The van der Waals surface area contributed by atoms with Crippen LogP contribution in [0.5, 0.6) is 0 Å². The number of anilines is 1. The second kappa shape index (κ2) is 8.03. The van der Waals surface area contributed by atoms with Crippen LogP contribution in [0, 0.1) is 0 Å². The van der Waals surface area contributed by atoms with E-state index in [1.54, 1.807) is 24.3 Å². The molecular weight excluding hydrogens is 338 g/mol. The van der Waals surface area contributed by atoms with Gasteiger partial charge in [-0.2, -0.15) is 0 Å². The van der Waals surface area contributed by atoms with Crippen LogP contribution in [0.2, 0.25) is 5.02 Å². The molecule has 0 atom stereocenters.